The highest BCUT2D eigenvalue weighted by Crippen LogP contribution is 2.29. The molecular formula is C16H14N4OS. The van der Waals surface area contributed by atoms with Crippen molar-refractivity contribution in [3.05, 3.63) is 60.0 Å². The van der Waals surface area contributed by atoms with Gasteiger partial charge in [0, 0.05) is 16.6 Å². The molecule has 0 saturated heterocycles. The first-order chi connectivity index (χ1) is 10.7. The standard InChI is InChI=1S/C16H14N4OS/c17-15-19-14(10-22-15)12-8-4-5-9-13(12)20-16(21)18-11-6-2-1-3-7-11/h1-10H,(H2,17,19)(H2,18,20,21). The molecule has 0 radical (unpaired) electrons. The van der Waals surface area contributed by atoms with Crippen molar-refractivity contribution in [3.8, 4) is 11.3 Å². The zero-order valence-electron chi connectivity index (χ0n) is 11.6. The van der Waals surface area contributed by atoms with Crippen molar-refractivity contribution in [1.29, 1.82) is 0 Å². The van der Waals surface area contributed by atoms with Crippen molar-refractivity contribution in [2.75, 3.05) is 16.4 Å². The Bertz CT molecular complexity index is 786. The number of hydrogen-bond donors (Lipinski definition) is 3. The number of urea groups is 1. The van der Waals surface area contributed by atoms with Gasteiger partial charge < -0.3 is 16.4 Å². The van der Waals surface area contributed by atoms with Gasteiger partial charge in [-0.1, -0.05) is 36.4 Å². The molecule has 3 rings (SSSR count). The van der Waals surface area contributed by atoms with Gasteiger partial charge in [0.1, 0.15) is 0 Å². The fraction of sp³-hybridized carbons (Fsp3) is 0. The number of nitrogens with two attached hydrogens (primary N) is 1. The van der Waals surface area contributed by atoms with Crippen LogP contribution in [0.1, 0.15) is 0 Å². The van der Waals surface area contributed by atoms with E-state index in [1.807, 2.05) is 60.0 Å². The number of nitrogen functional groups attached to an aromatic ring is 1. The summed E-state index contributed by atoms with van der Waals surface area (Å²) in [6.07, 6.45) is 0. The molecule has 0 atom stereocenters. The molecule has 1 heterocycles. The van der Waals surface area contributed by atoms with Gasteiger partial charge in [-0.3, -0.25) is 0 Å². The number of nitrogens with one attached hydrogen (secondary N) is 2. The molecule has 0 aliphatic carbocycles. The summed E-state index contributed by atoms with van der Waals surface area (Å²) in [4.78, 5) is 16.4. The number of aromatic nitrogens is 1. The van der Waals surface area contributed by atoms with Gasteiger partial charge in [0.2, 0.25) is 0 Å². The van der Waals surface area contributed by atoms with Crippen LogP contribution in [0.25, 0.3) is 11.3 Å². The maximum Gasteiger partial charge on any atom is 0.323 e. The van der Waals surface area contributed by atoms with Gasteiger partial charge in [0.05, 0.1) is 11.4 Å². The number of rotatable bonds is 3. The quantitative estimate of drug-likeness (QED) is 0.683. The summed E-state index contributed by atoms with van der Waals surface area (Å²) in [7, 11) is 0. The molecule has 0 spiro atoms. The van der Waals surface area contributed by atoms with Crippen LogP contribution in [-0.2, 0) is 0 Å². The maximum atomic E-state index is 12.1. The second-order valence-corrected chi connectivity index (χ2v) is 5.45. The van der Waals surface area contributed by atoms with Crippen LogP contribution in [-0.4, -0.2) is 11.0 Å². The van der Waals surface area contributed by atoms with Gasteiger partial charge in [-0.05, 0) is 18.2 Å². The van der Waals surface area contributed by atoms with E-state index >= 15 is 0 Å². The van der Waals surface area contributed by atoms with Crippen LogP contribution < -0.4 is 16.4 Å². The van der Waals surface area contributed by atoms with E-state index in [9.17, 15) is 4.79 Å². The zero-order valence-corrected chi connectivity index (χ0v) is 12.4. The Morgan fingerprint density at radius 3 is 2.45 bits per heavy atom. The molecule has 0 bridgehead atoms. The van der Waals surface area contributed by atoms with Gasteiger partial charge in [-0.2, -0.15) is 0 Å². The van der Waals surface area contributed by atoms with E-state index in [0.717, 1.165) is 16.9 Å². The van der Waals surface area contributed by atoms with E-state index in [0.29, 0.717) is 10.8 Å². The molecule has 110 valence electrons. The van der Waals surface area contributed by atoms with Crippen LogP contribution in [0.15, 0.2) is 60.0 Å². The zero-order chi connectivity index (χ0) is 15.4. The first-order valence-corrected chi connectivity index (χ1v) is 7.54. The lowest BCUT2D eigenvalue weighted by molar-refractivity contribution is 0.262. The molecule has 0 saturated carbocycles. The van der Waals surface area contributed by atoms with Crippen molar-refractivity contribution in [2.24, 2.45) is 0 Å². The third kappa shape index (κ3) is 3.24. The first-order valence-electron chi connectivity index (χ1n) is 6.66. The topological polar surface area (TPSA) is 80.0 Å². The minimum atomic E-state index is -0.304. The Labute approximate surface area is 131 Å². The Hall–Kier alpha value is -2.86. The predicted molar refractivity (Wildman–Crippen MR) is 91.0 cm³/mol. The molecular weight excluding hydrogens is 296 g/mol. The molecule has 0 aliphatic heterocycles. The van der Waals surface area contributed by atoms with Crippen LogP contribution in [0.3, 0.4) is 0 Å². The Kier molecular flexibility index (Phi) is 4.02. The lowest BCUT2D eigenvalue weighted by atomic mass is 10.1. The number of hydrogen-bond acceptors (Lipinski definition) is 4. The fourth-order valence-corrected chi connectivity index (χ4v) is 2.60. The minimum absolute atomic E-state index is 0.304. The van der Waals surface area contributed by atoms with Gasteiger partial charge in [0.15, 0.2) is 5.13 Å². The fourth-order valence-electron chi connectivity index (χ4n) is 2.03. The summed E-state index contributed by atoms with van der Waals surface area (Å²) < 4.78 is 0. The molecule has 22 heavy (non-hydrogen) atoms. The smallest absolute Gasteiger partial charge is 0.323 e. The number of amides is 2. The Morgan fingerprint density at radius 1 is 1.00 bits per heavy atom. The van der Waals surface area contributed by atoms with E-state index in [1.165, 1.54) is 11.3 Å². The molecule has 5 nitrogen and oxygen atoms in total. The highest BCUT2D eigenvalue weighted by molar-refractivity contribution is 7.13. The molecule has 3 aromatic rings. The van der Waals surface area contributed by atoms with Gasteiger partial charge >= 0.3 is 6.03 Å². The van der Waals surface area contributed by atoms with Crippen molar-refractivity contribution in [1.82, 2.24) is 4.98 Å². The summed E-state index contributed by atoms with van der Waals surface area (Å²) >= 11 is 1.37. The van der Waals surface area contributed by atoms with Crippen molar-refractivity contribution >= 4 is 33.9 Å². The Balaban J connectivity index is 1.79. The first kappa shape index (κ1) is 14.1. The van der Waals surface area contributed by atoms with E-state index < -0.39 is 0 Å². The maximum absolute atomic E-state index is 12.1. The van der Waals surface area contributed by atoms with Crippen LogP contribution >= 0.6 is 11.3 Å². The van der Waals surface area contributed by atoms with E-state index in [2.05, 4.69) is 15.6 Å². The predicted octanol–water partition coefficient (Wildman–Crippen LogP) is 4.04. The van der Waals surface area contributed by atoms with Gasteiger partial charge in [-0.25, -0.2) is 9.78 Å². The third-order valence-corrected chi connectivity index (χ3v) is 3.68. The second kappa shape index (κ2) is 6.28. The summed E-state index contributed by atoms with van der Waals surface area (Å²) in [6, 6.07) is 16.4. The summed E-state index contributed by atoms with van der Waals surface area (Å²) in [5, 5.41) is 7.99. The molecule has 0 fully saturated rings. The van der Waals surface area contributed by atoms with Crippen LogP contribution in [0, 0.1) is 0 Å². The molecule has 0 unspecified atom stereocenters. The molecule has 1 aromatic heterocycles. The van der Waals surface area contributed by atoms with Crippen LogP contribution in [0.2, 0.25) is 0 Å². The number of nitrogens with zero attached hydrogens (tertiary/aromatic N) is 1. The lowest BCUT2D eigenvalue weighted by Gasteiger charge is -2.10. The number of thiazole rings is 1. The average Bonchev–Trinajstić information content (AvgIpc) is 2.95. The summed E-state index contributed by atoms with van der Waals surface area (Å²) in [5.74, 6) is 0. The number of anilines is 3. The number of para-hydroxylation sites is 2. The van der Waals surface area contributed by atoms with Crippen molar-refractivity contribution in [2.45, 2.75) is 0 Å². The van der Waals surface area contributed by atoms with E-state index in [4.69, 9.17) is 5.73 Å². The minimum Gasteiger partial charge on any atom is -0.375 e. The summed E-state index contributed by atoms with van der Waals surface area (Å²) in [6.45, 7) is 0. The van der Waals surface area contributed by atoms with Crippen molar-refractivity contribution < 1.29 is 4.79 Å². The molecule has 2 aromatic carbocycles. The molecule has 6 heteroatoms. The van der Waals surface area contributed by atoms with Crippen LogP contribution in [0.4, 0.5) is 21.3 Å². The number of benzene rings is 2. The van der Waals surface area contributed by atoms with Crippen molar-refractivity contribution in [3.63, 3.8) is 0 Å². The summed E-state index contributed by atoms with van der Waals surface area (Å²) in [5.41, 5.74) is 8.67. The van der Waals surface area contributed by atoms with Crippen LogP contribution in [0.5, 0.6) is 0 Å². The monoisotopic (exact) mass is 310 g/mol. The average molecular weight is 310 g/mol. The third-order valence-electron chi connectivity index (χ3n) is 3.00. The second-order valence-electron chi connectivity index (χ2n) is 4.56. The molecule has 4 N–H and O–H groups in total. The normalized spacial score (nSPS) is 10.2. The molecule has 0 aliphatic rings. The lowest BCUT2D eigenvalue weighted by Crippen LogP contribution is -2.19. The highest BCUT2D eigenvalue weighted by atomic mass is 32.1. The van der Waals surface area contributed by atoms with E-state index in [1.54, 1.807) is 0 Å². The largest absolute Gasteiger partial charge is 0.375 e. The molecule has 2 amide bonds. The highest BCUT2D eigenvalue weighted by Gasteiger charge is 2.10. The van der Waals surface area contributed by atoms with Gasteiger partial charge in [-0.15, -0.1) is 11.3 Å². The SMILES string of the molecule is Nc1nc(-c2ccccc2NC(=O)Nc2ccccc2)cs1. The van der Waals surface area contributed by atoms with Gasteiger partial charge in [0.25, 0.3) is 0 Å². The number of carbonyl (C=O) groups excluding carboxylic acids is 1. The number of carbonyl (C=O) groups is 1. The Morgan fingerprint density at radius 2 is 1.73 bits per heavy atom. The van der Waals surface area contributed by atoms with E-state index in [-0.39, 0.29) is 6.03 Å².